The molecule has 1 aromatic heterocycles. The van der Waals surface area contributed by atoms with Gasteiger partial charge >= 0.3 is 0 Å². The first kappa shape index (κ1) is 12.3. The van der Waals surface area contributed by atoms with Gasteiger partial charge in [-0.15, -0.1) is 0 Å². The molecule has 1 N–H and O–H groups in total. The van der Waals surface area contributed by atoms with Crippen LogP contribution in [0.1, 0.15) is 0 Å². The number of rotatable bonds is 1. The number of H-pyrrole nitrogens is 1. The molecule has 2 aromatic carbocycles. The Morgan fingerprint density at radius 3 is 2.63 bits per heavy atom. The number of aromatic amines is 1. The standard InChI is InChI=1S/C13H7ClF2N2S/c14-7-3-1-5-9(11(7)16)18-10-6-2-4-8(15)12(10)17-13(18)19/h1-6H,(H,17,19). The molecule has 19 heavy (non-hydrogen) atoms. The zero-order valence-electron chi connectivity index (χ0n) is 9.45. The van der Waals surface area contributed by atoms with Crippen molar-refractivity contribution in [3.63, 3.8) is 0 Å². The minimum Gasteiger partial charge on any atom is -0.328 e. The van der Waals surface area contributed by atoms with Gasteiger partial charge in [0.2, 0.25) is 0 Å². The minimum absolute atomic E-state index is 0.00912. The molecule has 0 saturated heterocycles. The van der Waals surface area contributed by atoms with E-state index in [1.807, 2.05) is 0 Å². The lowest BCUT2D eigenvalue weighted by molar-refractivity contribution is 0.619. The summed E-state index contributed by atoms with van der Waals surface area (Å²) in [6.45, 7) is 0. The maximum atomic E-state index is 14.1. The molecule has 0 saturated carbocycles. The Morgan fingerprint density at radius 2 is 1.84 bits per heavy atom. The van der Waals surface area contributed by atoms with E-state index in [4.69, 9.17) is 23.8 Å². The molecule has 0 spiro atoms. The summed E-state index contributed by atoms with van der Waals surface area (Å²) in [5, 5.41) is -0.00912. The summed E-state index contributed by atoms with van der Waals surface area (Å²) in [7, 11) is 0. The zero-order valence-corrected chi connectivity index (χ0v) is 11.0. The quantitative estimate of drug-likeness (QED) is 0.650. The molecule has 2 nitrogen and oxygen atoms in total. The van der Waals surface area contributed by atoms with Crippen molar-refractivity contribution >= 4 is 34.9 Å². The third kappa shape index (κ3) is 1.86. The number of benzene rings is 2. The van der Waals surface area contributed by atoms with Gasteiger partial charge in [-0.2, -0.15) is 0 Å². The van der Waals surface area contributed by atoms with Gasteiger partial charge in [-0.3, -0.25) is 4.57 Å². The summed E-state index contributed by atoms with van der Waals surface area (Å²) in [4.78, 5) is 2.73. The van der Waals surface area contributed by atoms with Crippen LogP contribution in [0, 0.1) is 16.4 Å². The van der Waals surface area contributed by atoms with Crippen LogP contribution in [0.25, 0.3) is 16.7 Å². The number of halogens is 3. The molecule has 0 aliphatic heterocycles. The van der Waals surface area contributed by atoms with E-state index in [-0.39, 0.29) is 21.0 Å². The fraction of sp³-hybridized carbons (Fsp3) is 0. The van der Waals surface area contributed by atoms with E-state index in [1.165, 1.54) is 22.8 Å². The number of hydrogen-bond donors (Lipinski definition) is 1. The summed E-state index contributed by atoms with van der Waals surface area (Å²) in [5.74, 6) is -1.03. The number of hydrogen-bond acceptors (Lipinski definition) is 1. The van der Waals surface area contributed by atoms with Gasteiger partial charge in [0.1, 0.15) is 11.3 Å². The number of para-hydroxylation sites is 1. The van der Waals surface area contributed by atoms with Crippen molar-refractivity contribution in [3.8, 4) is 5.69 Å². The van der Waals surface area contributed by atoms with Gasteiger partial charge in [0, 0.05) is 0 Å². The van der Waals surface area contributed by atoms with E-state index >= 15 is 0 Å². The largest absolute Gasteiger partial charge is 0.328 e. The van der Waals surface area contributed by atoms with Gasteiger partial charge in [-0.25, -0.2) is 8.78 Å². The van der Waals surface area contributed by atoms with E-state index in [1.54, 1.807) is 18.2 Å². The molecule has 0 unspecified atom stereocenters. The van der Waals surface area contributed by atoms with Crippen molar-refractivity contribution < 1.29 is 8.78 Å². The third-order valence-corrected chi connectivity index (χ3v) is 3.42. The van der Waals surface area contributed by atoms with E-state index in [9.17, 15) is 8.78 Å². The lowest BCUT2D eigenvalue weighted by atomic mass is 10.2. The molecule has 0 bridgehead atoms. The number of aromatic nitrogens is 2. The second kappa shape index (κ2) is 4.43. The van der Waals surface area contributed by atoms with Crippen LogP contribution in [-0.4, -0.2) is 9.55 Å². The molecule has 0 fully saturated rings. The van der Waals surface area contributed by atoms with E-state index in [2.05, 4.69) is 4.98 Å². The normalized spacial score (nSPS) is 11.1. The summed E-state index contributed by atoms with van der Waals surface area (Å²) in [6.07, 6.45) is 0. The third-order valence-electron chi connectivity index (χ3n) is 2.84. The molecule has 0 aliphatic rings. The topological polar surface area (TPSA) is 20.7 Å². The Kier molecular flexibility index (Phi) is 2.88. The van der Waals surface area contributed by atoms with Crippen molar-refractivity contribution in [2.75, 3.05) is 0 Å². The molecule has 6 heteroatoms. The fourth-order valence-electron chi connectivity index (χ4n) is 2.00. The number of nitrogens with zero attached hydrogens (tertiary/aromatic N) is 1. The van der Waals surface area contributed by atoms with E-state index in [0.717, 1.165) is 0 Å². The first-order valence-corrected chi connectivity index (χ1v) is 6.22. The van der Waals surface area contributed by atoms with Crippen LogP contribution in [0.5, 0.6) is 0 Å². The molecule has 1 heterocycles. The van der Waals surface area contributed by atoms with E-state index < -0.39 is 11.6 Å². The molecular formula is C13H7ClF2N2S. The fourth-order valence-corrected chi connectivity index (χ4v) is 2.47. The maximum Gasteiger partial charge on any atom is 0.182 e. The number of imidazole rings is 1. The number of nitrogens with one attached hydrogen (secondary N) is 1. The van der Waals surface area contributed by atoms with Crippen LogP contribution in [0.2, 0.25) is 5.02 Å². The van der Waals surface area contributed by atoms with Crippen molar-refractivity contribution in [3.05, 3.63) is 57.8 Å². The number of fused-ring (bicyclic) bond motifs is 1. The van der Waals surface area contributed by atoms with Crippen molar-refractivity contribution in [2.24, 2.45) is 0 Å². The monoisotopic (exact) mass is 296 g/mol. The lowest BCUT2D eigenvalue weighted by Gasteiger charge is -2.06. The molecule has 3 aromatic rings. The average Bonchev–Trinajstić information content (AvgIpc) is 2.71. The Labute approximate surface area is 117 Å². The second-order valence-electron chi connectivity index (χ2n) is 3.97. The SMILES string of the molecule is Fc1c(Cl)cccc1-n1c(=S)[nH]c2c(F)cccc21. The molecule has 0 amide bonds. The first-order chi connectivity index (χ1) is 9.09. The van der Waals surface area contributed by atoms with Crippen LogP contribution < -0.4 is 0 Å². The van der Waals surface area contributed by atoms with Crippen LogP contribution in [0.3, 0.4) is 0 Å². The van der Waals surface area contributed by atoms with Crippen molar-refractivity contribution in [2.45, 2.75) is 0 Å². The Balaban J connectivity index is 2.44. The second-order valence-corrected chi connectivity index (χ2v) is 4.77. The van der Waals surface area contributed by atoms with Gasteiger partial charge in [-0.05, 0) is 36.5 Å². The summed E-state index contributed by atoms with van der Waals surface area (Å²) < 4.78 is 29.4. The molecule has 3 rings (SSSR count). The average molecular weight is 297 g/mol. The summed E-state index contributed by atoms with van der Waals surface area (Å²) in [6, 6.07) is 9.10. The predicted molar refractivity (Wildman–Crippen MR) is 73.4 cm³/mol. The van der Waals surface area contributed by atoms with Crippen LogP contribution in [0.4, 0.5) is 8.78 Å². The summed E-state index contributed by atoms with van der Waals surface area (Å²) >= 11 is 10.9. The highest BCUT2D eigenvalue weighted by Gasteiger charge is 2.14. The zero-order chi connectivity index (χ0) is 13.6. The highest BCUT2D eigenvalue weighted by molar-refractivity contribution is 7.71. The molecule has 96 valence electrons. The van der Waals surface area contributed by atoms with E-state index in [0.29, 0.717) is 5.52 Å². The summed E-state index contributed by atoms with van der Waals surface area (Å²) in [5.41, 5.74) is 0.896. The maximum absolute atomic E-state index is 14.1. The van der Waals surface area contributed by atoms with Gasteiger partial charge in [-0.1, -0.05) is 23.7 Å². The Bertz CT molecular complexity index is 838. The van der Waals surface area contributed by atoms with Crippen LogP contribution in [0.15, 0.2) is 36.4 Å². The smallest absolute Gasteiger partial charge is 0.182 e. The van der Waals surface area contributed by atoms with Crippen molar-refractivity contribution in [1.29, 1.82) is 0 Å². The Morgan fingerprint density at radius 1 is 1.11 bits per heavy atom. The van der Waals surface area contributed by atoms with Crippen LogP contribution >= 0.6 is 23.8 Å². The predicted octanol–water partition coefficient (Wildman–Crippen LogP) is 4.62. The minimum atomic E-state index is -0.592. The van der Waals surface area contributed by atoms with Gasteiger partial charge in [0.15, 0.2) is 10.6 Å². The molecule has 0 atom stereocenters. The molecule has 0 radical (unpaired) electrons. The first-order valence-electron chi connectivity index (χ1n) is 5.43. The molecular weight excluding hydrogens is 290 g/mol. The van der Waals surface area contributed by atoms with Crippen molar-refractivity contribution in [1.82, 2.24) is 9.55 Å². The van der Waals surface area contributed by atoms with Gasteiger partial charge < -0.3 is 4.98 Å². The highest BCUT2D eigenvalue weighted by atomic mass is 35.5. The molecule has 0 aliphatic carbocycles. The lowest BCUT2D eigenvalue weighted by Crippen LogP contribution is -1.98. The highest BCUT2D eigenvalue weighted by Crippen LogP contribution is 2.26. The van der Waals surface area contributed by atoms with Gasteiger partial charge in [0.25, 0.3) is 0 Å². The Hall–Kier alpha value is -1.72. The van der Waals surface area contributed by atoms with Gasteiger partial charge in [0.05, 0.1) is 16.2 Å². The van der Waals surface area contributed by atoms with Crippen LogP contribution in [-0.2, 0) is 0 Å².